The molecule has 0 radical (unpaired) electrons. The summed E-state index contributed by atoms with van der Waals surface area (Å²) >= 11 is 0. The van der Waals surface area contributed by atoms with Gasteiger partial charge in [0.1, 0.15) is 6.35 Å². The molecule has 0 unspecified atom stereocenters. The van der Waals surface area contributed by atoms with E-state index < -0.39 is 8.38 Å². The van der Waals surface area contributed by atoms with Crippen LogP contribution in [0.3, 0.4) is 0 Å². The fraction of sp³-hybridized carbons (Fsp3) is 1.00. The van der Waals surface area contributed by atoms with E-state index in [9.17, 15) is 0 Å². The molecular formula is CH8N3O3P. The molecule has 50 valence electrons. The monoisotopic (exact) mass is 141 g/mol. The first-order chi connectivity index (χ1) is 3.85. The maximum absolute atomic E-state index is 4.66. The molecule has 0 aliphatic carbocycles. The molecule has 0 atom stereocenters. The smallest absolute Gasteiger partial charge is 0.240 e. The molecule has 0 saturated carbocycles. The Morgan fingerprint density at radius 3 is 1.75 bits per heavy atom. The topological polar surface area (TPSA) is 106 Å². The standard InChI is InChI=1S/CH8N3O3P/c2-5-1-8(6-3)7-4/h1-4H2. The maximum atomic E-state index is 4.66. The minimum atomic E-state index is -1.35. The molecule has 8 heavy (non-hydrogen) atoms. The van der Waals surface area contributed by atoms with Gasteiger partial charge in [-0.05, 0) is 0 Å². The second-order valence-electron chi connectivity index (χ2n) is 0.839. The molecule has 0 fully saturated rings. The Balaban J connectivity index is 3.07. The minimum absolute atomic E-state index is 0.0718. The summed E-state index contributed by atoms with van der Waals surface area (Å²) in [5.74, 6) is 13.9. The van der Waals surface area contributed by atoms with Gasteiger partial charge in [-0.3, -0.25) is 4.84 Å². The summed E-state index contributed by atoms with van der Waals surface area (Å²) in [7, 11) is -1.35. The molecule has 0 bridgehead atoms. The molecule has 0 aliphatic rings. The molecule has 0 aromatic rings. The van der Waals surface area contributed by atoms with Gasteiger partial charge in [0.05, 0.1) is 0 Å². The van der Waals surface area contributed by atoms with Crippen LogP contribution in [0.15, 0.2) is 0 Å². The van der Waals surface area contributed by atoms with Crippen molar-refractivity contribution < 1.29 is 14.1 Å². The van der Waals surface area contributed by atoms with Crippen LogP contribution in [0.5, 0.6) is 0 Å². The Kier molecular flexibility index (Phi) is 5.46. The second-order valence-corrected chi connectivity index (χ2v) is 2.18. The lowest BCUT2D eigenvalue weighted by atomic mass is 11.7. The van der Waals surface area contributed by atoms with Crippen molar-refractivity contribution >= 4 is 8.38 Å². The molecule has 6 nitrogen and oxygen atoms in total. The van der Waals surface area contributed by atoms with Gasteiger partial charge in [0, 0.05) is 0 Å². The molecule has 0 spiro atoms. The van der Waals surface area contributed by atoms with Gasteiger partial charge in [-0.2, -0.15) is 0 Å². The van der Waals surface area contributed by atoms with Crippen molar-refractivity contribution in [3.63, 3.8) is 0 Å². The van der Waals surface area contributed by atoms with Crippen molar-refractivity contribution in [3.8, 4) is 0 Å². The third-order valence-corrected chi connectivity index (χ3v) is 1.25. The third-order valence-electron chi connectivity index (χ3n) is 0.415. The SMILES string of the molecule is NOCP(ON)ON. The van der Waals surface area contributed by atoms with Gasteiger partial charge < -0.3 is 0 Å². The van der Waals surface area contributed by atoms with Gasteiger partial charge in [0.25, 0.3) is 0 Å². The molecule has 0 heterocycles. The highest BCUT2D eigenvalue weighted by Crippen LogP contribution is 2.32. The number of rotatable bonds is 4. The van der Waals surface area contributed by atoms with E-state index in [0.717, 1.165) is 0 Å². The molecular weight excluding hydrogens is 133 g/mol. The van der Waals surface area contributed by atoms with E-state index in [1.165, 1.54) is 0 Å². The number of hydrogen-bond donors (Lipinski definition) is 3. The fourth-order valence-electron chi connectivity index (χ4n) is 0.147. The van der Waals surface area contributed by atoms with E-state index in [4.69, 9.17) is 0 Å². The first-order valence-electron chi connectivity index (χ1n) is 1.68. The van der Waals surface area contributed by atoms with Crippen molar-refractivity contribution in [2.75, 3.05) is 6.35 Å². The predicted octanol–water partition coefficient (Wildman–Crippen LogP) is -1.07. The van der Waals surface area contributed by atoms with Crippen molar-refractivity contribution in [1.29, 1.82) is 0 Å². The maximum Gasteiger partial charge on any atom is 0.240 e. The Morgan fingerprint density at radius 1 is 1.12 bits per heavy atom. The second kappa shape index (κ2) is 5.33. The van der Waals surface area contributed by atoms with Gasteiger partial charge in [-0.15, -0.1) is 0 Å². The van der Waals surface area contributed by atoms with Crippen LogP contribution >= 0.6 is 8.38 Å². The zero-order valence-electron chi connectivity index (χ0n) is 4.11. The zero-order chi connectivity index (χ0) is 6.41. The summed E-state index contributed by atoms with van der Waals surface area (Å²) in [5, 5.41) is 0. The fourth-order valence-corrected chi connectivity index (χ4v) is 0.440. The van der Waals surface area contributed by atoms with Gasteiger partial charge in [-0.25, -0.2) is 26.9 Å². The molecule has 6 N–H and O–H groups in total. The zero-order valence-corrected chi connectivity index (χ0v) is 5.01. The normalized spacial score (nSPS) is 10.5. The Hall–Kier alpha value is 0.190. The van der Waals surface area contributed by atoms with E-state index in [1.54, 1.807) is 0 Å². The van der Waals surface area contributed by atoms with Gasteiger partial charge >= 0.3 is 0 Å². The average molecular weight is 141 g/mol. The quantitative estimate of drug-likeness (QED) is 0.340. The lowest BCUT2D eigenvalue weighted by molar-refractivity contribution is 0.153. The van der Waals surface area contributed by atoms with Crippen molar-refractivity contribution in [2.45, 2.75) is 0 Å². The highest BCUT2D eigenvalue weighted by molar-refractivity contribution is 7.46. The third kappa shape index (κ3) is 3.23. The summed E-state index contributed by atoms with van der Waals surface area (Å²) < 4.78 is 8.30. The van der Waals surface area contributed by atoms with E-state index in [-0.39, 0.29) is 6.35 Å². The van der Waals surface area contributed by atoms with Gasteiger partial charge in [0.15, 0.2) is 0 Å². The van der Waals surface area contributed by atoms with E-state index in [1.807, 2.05) is 0 Å². The van der Waals surface area contributed by atoms with Crippen molar-refractivity contribution in [2.24, 2.45) is 17.7 Å². The molecule has 0 amide bonds. The average Bonchev–Trinajstić information content (AvgIpc) is 1.83. The lowest BCUT2D eigenvalue weighted by Gasteiger charge is -2.06. The molecule has 0 aliphatic heterocycles. The first-order valence-corrected chi connectivity index (χ1v) is 3.04. The van der Waals surface area contributed by atoms with Crippen LogP contribution in [-0.2, 0) is 14.1 Å². The molecule has 0 aromatic heterocycles. The van der Waals surface area contributed by atoms with Crippen LogP contribution in [0.25, 0.3) is 0 Å². The largest absolute Gasteiger partial charge is 0.295 e. The first kappa shape index (κ1) is 8.19. The summed E-state index contributed by atoms with van der Waals surface area (Å²) in [6.07, 6.45) is 0.0718. The Bertz CT molecular complexity index is 49.8. The molecule has 0 saturated heterocycles. The number of nitrogens with two attached hydrogens (primary N) is 3. The Labute approximate surface area is 47.6 Å². The van der Waals surface area contributed by atoms with Gasteiger partial charge in [-0.1, -0.05) is 0 Å². The highest BCUT2D eigenvalue weighted by atomic mass is 31.2. The molecule has 0 aromatic carbocycles. The molecule has 7 heteroatoms. The van der Waals surface area contributed by atoms with Crippen LogP contribution in [0.2, 0.25) is 0 Å². The van der Waals surface area contributed by atoms with Crippen LogP contribution in [0.1, 0.15) is 0 Å². The van der Waals surface area contributed by atoms with E-state index in [0.29, 0.717) is 0 Å². The number of hydrogen-bond acceptors (Lipinski definition) is 6. The summed E-state index contributed by atoms with van der Waals surface area (Å²) in [5.41, 5.74) is 0. The molecule has 0 rings (SSSR count). The predicted molar refractivity (Wildman–Crippen MR) is 27.6 cm³/mol. The highest BCUT2D eigenvalue weighted by Gasteiger charge is 2.05. The van der Waals surface area contributed by atoms with Crippen molar-refractivity contribution in [1.82, 2.24) is 0 Å². The Morgan fingerprint density at radius 2 is 1.62 bits per heavy atom. The summed E-state index contributed by atoms with van der Waals surface area (Å²) in [6, 6.07) is 0. The van der Waals surface area contributed by atoms with Crippen LogP contribution in [0.4, 0.5) is 0 Å². The minimum Gasteiger partial charge on any atom is -0.295 e. The van der Waals surface area contributed by atoms with E-state index in [2.05, 4.69) is 31.8 Å². The summed E-state index contributed by atoms with van der Waals surface area (Å²) in [4.78, 5) is 4.10. The lowest BCUT2D eigenvalue weighted by Crippen LogP contribution is -2.08. The van der Waals surface area contributed by atoms with Crippen LogP contribution < -0.4 is 17.7 Å². The van der Waals surface area contributed by atoms with E-state index >= 15 is 0 Å². The van der Waals surface area contributed by atoms with Crippen molar-refractivity contribution in [3.05, 3.63) is 0 Å². The van der Waals surface area contributed by atoms with Gasteiger partial charge in [0.2, 0.25) is 8.38 Å². The van der Waals surface area contributed by atoms with Crippen LogP contribution in [-0.4, -0.2) is 6.35 Å². The van der Waals surface area contributed by atoms with Crippen LogP contribution in [0, 0.1) is 0 Å². The summed E-state index contributed by atoms with van der Waals surface area (Å²) in [6.45, 7) is 0.